The normalized spacial score (nSPS) is 10.0. The van der Waals surface area contributed by atoms with E-state index in [2.05, 4.69) is 0 Å². The van der Waals surface area contributed by atoms with Crippen LogP contribution in [0.1, 0.15) is 13.8 Å². The van der Waals surface area contributed by atoms with Gasteiger partial charge in [0.1, 0.15) is 10.8 Å². The molecule has 4 heteroatoms. The van der Waals surface area contributed by atoms with Crippen molar-refractivity contribution < 1.29 is 9.47 Å². The SMILES string of the molecule is CCOc1ccc(Cl)c(OCC)c1Cl. The standard InChI is InChI=1S/C10H12Cl2O2/c1-3-13-8-6-5-7(11)10(9(8)12)14-4-2/h5-6H,3-4H2,1-2H3. The predicted octanol–water partition coefficient (Wildman–Crippen LogP) is 3.79. The van der Waals surface area contributed by atoms with Crippen LogP contribution in [0.5, 0.6) is 11.5 Å². The molecule has 0 bridgehead atoms. The Morgan fingerprint density at radius 2 is 1.71 bits per heavy atom. The summed E-state index contributed by atoms with van der Waals surface area (Å²) in [6, 6.07) is 3.44. The Morgan fingerprint density at radius 1 is 1.07 bits per heavy atom. The summed E-state index contributed by atoms with van der Waals surface area (Å²) in [6.07, 6.45) is 0. The molecule has 0 spiro atoms. The van der Waals surface area contributed by atoms with Crippen LogP contribution in [0.15, 0.2) is 12.1 Å². The van der Waals surface area contributed by atoms with Crippen molar-refractivity contribution in [3.8, 4) is 11.5 Å². The van der Waals surface area contributed by atoms with Gasteiger partial charge in [0, 0.05) is 0 Å². The summed E-state index contributed by atoms with van der Waals surface area (Å²) in [6.45, 7) is 4.85. The highest BCUT2D eigenvalue weighted by atomic mass is 35.5. The second-order valence-electron chi connectivity index (χ2n) is 2.55. The summed E-state index contributed by atoms with van der Waals surface area (Å²) in [5.41, 5.74) is 0. The molecule has 1 rings (SSSR count). The van der Waals surface area contributed by atoms with Crippen molar-refractivity contribution in [2.24, 2.45) is 0 Å². The van der Waals surface area contributed by atoms with Crippen LogP contribution in [0.4, 0.5) is 0 Å². The second kappa shape index (κ2) is 5.32. The molecule has 1 aromatic rings. The highest BCUT2D eigenvalue weighted by Gasteiger charge is 2.12. The molecule has 78 valence electrons. The van der Waals surface area contributed by atoms with E-state index in [1.807, 2.05) is 13.8 Å². The van der Waals surface area contributed by atoms with E-state index in [1.54, 1.807) is 12.1 Å². The first-order valence-corrected chi connectivity index (χ1v) is 5.19. The van der Waals surface area contributed by atoms with Crippen LogP contribution >= 0.6 is 23.2 Å². The first kappa shape index (κ1) is 11.5. The molecular weight excluding hydrogens is 223 g/mol. The van der Waals surface area contributed by atoms with E-state index in [9.17, 15) is 0 Å². The van der Waals surface area contributed by atoms with Crippen LogP contribution in [0.3, 0.4) is 0 Å². The third-order valence-corrected chi connectivity index (χ3v) is 2.26. The van der Waals surface area contributed by atoms with Gasteiger partial charge >= 0.3 is 0 Å². The summed E-state index contributed by atoms with van der Waals surface area (Å²) in [5, 5.41) is 0.932. The maximum Gasteiger partial charge on any atom is 0.160 e. The van der Waals surface area contributed by atoms with Gasteiger partial charge in [0.25, 0.3) is 0 Å². The average Bonchev–Trinajstić information content (AvgIpc) is 2.17. The maximum atomic E-state index is 6.04. The van der Waals surface area contributed by atoms with Gasteiger partial charge in [0.15, 0.2) is 5.75 Å². The van der Waals surface area contributed by atoms with Crippen LogP contribution in [0.25, 0.3) is 0 Å². The van der Waals surface area contributed by atoms with Crippen molar-refractivity contribution in [1.82, 2.24) is 0 Å². The van der Waals surface area contributed by atoms with E-state index >= 15 is 0 Å². The number of rotatable bonds is 4. The quantitative estimate of drug-likeness (QED) is 0.790. The summed E-state index contributed by atoms with van der Waals surface area (Å²) < 4.78 is 10.6. The Hall–Kier alpha value is -0.600. The van der Waals surface area contributed by atoms with Crippen molar-refractivity contribution in [2.75, 3.05) is 13.2 Å². The zero-order valence-corrected chi connectivity index (χ0v) is 9.65. The van der Waals surface area contributed by atoms with E-state index in [0.717, 1.165) is 0 Å². The zero-order chi connectivity index (χ0) is 10.6. The molecule has 0 heterocycles. The Bertz CT molecular complexity index is 313. The molecule has 0 atom stereocenters. The summed E-state index contributed by atoms with van der Waals surface area (Å²) in [5.74, 6) is 1.09. The lowest BCUT2D eigenvalue weighted by Gasteiger charge is -2.11. The molecule has 0 saturated carbocycles. The minimum Gasteiger partial charge on any atom is -0.492 e. The number of hydrogen-bond acceptors (Lipinski definition) is 2. The molecule has 0 saturated heterocycles. The van der Waals surface area contributed by atoms with Gasteiger partial charge in [-0.25, -0.2) is 0 Å². The molecule has 0 unspecified atom stereocenters. The van der Waals surface area contributed by atoms with Crippen LogP contribution < -0.4 is 9.47 Å². The molecule has 0 aliphatic rings. The largest absolute Gasteiger partial charge is 0.492 e. The van der Waals surface area contributed by atoms with E-state index in [-0.39, 0.29) is 0 Å². The summed E-state index contributed by atoms with van der Waals surface area (Å²) in [7, 11) is 0. The lowest BCUT2D eigenvalue weighted by atomic mass is 10.3. The van der Waals surface area contributed by atoms with E-state index in [0.29, 0.717) is 34.8 Å². The van der Waals surface area contributed by atoms with Crippen molar-refractivity contribution in [2.45, 2.75) is 13.8 Å². The zero-order valence-electron chi connectivity index (χ0n) is 8.14. The Morgan fingerprint density at radius 3 is 2.29 bits per heavy atom. The van der Waals surface area contributed by atoms with Gasteiger partial charge in [-0.15, -0.1) is 0 Å². The lowest BCUT2D eigenvalue weighted by Crippen LogP contribution is -1.97. The number of benzene rings is 1. The molecular formula is C10H12Cl2O2. The molecule has 1 aromatic carbocycles. The molecule has 0 fully saturated rings. The fourth-order valence-electron chi connectivity index (χ4n) is 1.06. The summed E-state index contributed by atoms with van der Waals surface area (Å²) >= 11 is 12.0. The molecule has 0 radical (unpaired) electrons. The first-order chi connectivity index (χ1) is 6.70. The minimum atomic E-state index is 0.432. The van der Waals surface area contributed by atoms with Crippen LogP contribution in [-0.2, 0) is 0 Å². The third-order valence-electron chi connectivity index (χ3n) is 1.60. The molecule has 0 aliphatic heterocycles. The van der Waals surface area contributed by atoms with Gasteiger partial charge in [-0.1, -0.05) is 23.2 Å². The van der Waals surface area contributed by atoms with Gasteiger partial charge in [0.05, 0.1) is 18.2 Å². The maximum absolute atomic E-state index is 6.04. The molecule has 0 N–H and O–H groups in total. The van der Waals surface area contributed by atoms with Gasteiger partial charge in [-0.2, -0.15) is 0 Å². The van der Waals surface area contributed by atoms with Crippen LogP contribution in [-0.4, -0.2) is 13.2 Å². The molecule has 0 amide bonds. The molecule has 0 aliphatic carbocycles. The molecule has 0 aromatic heterocycles. The number of ether oxygens (including phenoxy) is 2. The van der Waals surface area contributed by atoms with Crippen molar-refractivity contribution in [3.63, 3.8) is 0 Å². The topological polar surface area (TPSA) is 18.5 Å². The second-order valence-corrected chi connectivity index (χ2v) is 3.34. The highest BCUT2D eigenvalue weighted by molar-refractivity contribution is 6.38. The average molecular weight is 235 g/mol. The van der Waals surface area contributed by atoms with Crippen LogP contribution in [0, 0.1) is 0 Å². The molecule has 2 nitrogen and oxygen atoms in total. The first-order valence-electron chi connectivity index (χ1n) is 4.44. The fourth-order valence-corrected chi connectivity index (χ4v) is 1.59. The smallest absolute Gasteiger partial charge is 0.160 e. The molecule has 14 heavy (non-hydrogen) atoms. The minimum absolute atomic E-state index is 0.432. The highest BCUT2D eigenvalue weighted by Crippen LogP contribution is 2.39. The number of hydrogen-bond donors (Lipinski definition) is 0. The Balaban J connectivity index is 3.05. The van der Waals surface area contributed by atoms with Crippen molar-refractivity contribution >= 4 is 23.2 Å². The Kier molecular flexibility index (Phi) is 4.36. The van der Waals surface area contributed by atoms with E-state index < -0.39 is 0 Å². The number of halogens is 2. The van der Waals surface area contributed by atoms with Crippen molar-refractivity contribution in [3.05, 3.63) is 22.2 Å². The van der Waals surface area contributed by atoms with E-state index in [4.69, 9.17) is 32.7 Å². The van der Waals surface area contributed by atoms with E-state index in [1.165, 1.54) is 0 Å². The van der Waals surface area contributed by atoms with Gasteiger partial charge in [-0.05, 0) is 26.0 Å². The third kappa shape index (κ3) is 2.46. The fraction of sp³-hybridized carbons (Fsp3) is 0.400. The van der Waals surface area contributed by atoms with Crippen molar-refractivity contribution in [1.29, 1.82) is 0 Å². The lowest BCUT2D eigenvalue weighted by molar-refractivity contribution is 0.323. The van der Waals surface area contributed by atoms with Gasteiger partial charge < -0.3 is 9.47 Å². The van der Waals surface area contributed by atoms with Gasteiger partial charge in [-0.3, -0.25) is 0 Å². The Labute approximate surface area is 93.7 Å². The predicted molar refractivity (Wildman–Crippen MR) is 58.8 cm³/mol. The monoisotopic (exact) mass is 234 g/mol. The van der Waals surface area contributed by atoms with Crippen LogP contribution in [0.2, 0.25) is 10.0 Å². The van der Waals surface area contributed by atoms with Gasteiger partial charge in [0.2, 0.25) is 0 Å². The summed E-state index contributed by atoms with van der Waals surface area (Å²) in [4.78, 5) is 0.